The summed E-state index contributed by atoms with van der Waals surface area (Å²) < 4.78 is 11.0. The van der Waals surface area contributed by atoms with Crippen LogP contribution in [0.2, 0.25) is 0 Å². The van der Waals surface area contributed by atoms with Crippen molar-refractivity contribution in [3.8, 4) is 22.9 Å². The van der Waals surface area contributed by atoms with E-state index in [0.717, 1.165) is 11.1 Å². The molecule has 2 aromatic heterocycles. The van der Waals surface area contributed by atoms with E-state index in [1.807, 2.05) is 60.7 Å². The molecule has 0 aliphatic rings. The second-order valence-electron chi connectivity index (χ2n) is 8.00. The van der Waals surface area contributed by atoms with Crippen LogP contribution in [-0.2, 0) is 22.4 Å². The zero-order valence-corrected chi connectivity index (χ0v) is 19.2. The number of amides is 2. The third-order valence-corrected chi connectivity index (χ3v) is 5.43. The molecule has 8 nitrogen and oxygen atoms in total. The molecule has 0 atom stereocenters. The van der Waals surface area contributed by atoms with E-state index in [4.69, 9.17) is 8.83 Å². The Morgan fingerprint density at radius 3 is 1.44 bits per heavy atom. The fourth-order valence-electron chi connectivity index (χ4n) is 3.33. The molecular formula is C26H26N4O4. The second kappa shape index (κ2) is 10.6. The summed E-state index contributed by atoms with van der Waals surface area (Å²) in [5, 5.41) is 0. The minimum atomic E-state index is -0.0993. The number of carbonyl (C=O) groups is 2. The van der Waals surface area contributed by atoms with E-state index in [2.05, 4.69) is 9.97 Å². The SMILES string of the molecule is CN(CCN(C)C(=O)Cc1coc(-c2ccccc2)n1)C(=O)Cc1coc(-c2ccccc2)n1. The third-order valence-electron chi connectivity index (χ3n) is 5.43. The standard InChI is InChI=1S/C26H26N4O4/c1-29(23(31)15-21-17-33-25(27-21)19-9-5-3-6-10-19)13-14-30(2)24(32)16-22-18-34-26(28-22)20-11-7-4-8-12-20/h3-12,17-18H,13-16H2,1-2H3. The summed E-state index contributed by atoms with van der Waals surface area (Å²) in [6, 6.07) is 19.1. The predicted octanol–water partition coefficient (Wildman–Crippen LogP) is 3.70. The highest BCUT2D eigenvalue weighted by atomic mass is 16.3. The van der Waals surface area contributed by atoms with Gasteiger partial charge in [0, 0.05) is 38.3 Å². The summed E-state index contributed by atoms with van der Waals surface area (Å²) in [6.45, 7) is 0.803. The van der Waals surface area contributed by atoms with Gasteiger partial charge in [0.1, 0.15) is 12.5 Å². The average molecular weight is 459 g/mol. The molecule has 34 heavy (non-hydrogen) atoms. The highest BCUT2D eigenvalue weighted by molar-refractivity contribution is 5.79. The molecule has 2 aromatic carbocycles. The molecule has 0 radical (unpaired) electrons. The lowest BCUT2D eigenvalue weighted by Crippen LogP contribution is -2.38. The summed E-state index contributed by atoms with van der Waals surface area (Å²) in [5.74, 6) is 0.773. The first kappa shape index (κ1) is 23.0. The van der Waals surface area contributed by atoms with E-state index in [1.165, 1.54) is 12.5 Å². The van der Waals surface area contributed by atoms with Crippen LogP contribution in [0.3, 0.4) is 0 Å². The average Bonchev–Trinajstić information content (AvgIpc) is 3.53. The second-order valence-corrected chi connectivity index (χ2v) is 8.00. The van der Waals surface area contributed by atoms with Gasteiger partial charge in [-0.15, -0.1) is 0 Å². The van der Waals surface area contributed by atoms with Gasteiger partial charge in [-0.25, -0.2) is 9.97 Å². The Labute approximate surface area is 197 Å². The van der Waals surface area contributed by atoms with Crippen LogP contribution in [0, 0.1) is 0 Å². The van der Waals surface area contributed by atoms with Crippen LogP contribution < -0.4 is 0 Å². The van der Waals surface area contributed by atoms with E-state index < -0.39 is 0 Å². The van der Waals surface area contributed by atoms with Gasteiger partial charge in [0.2, 0.25) is 23.6 Å². The Morgan fingerprint density at radius 1 is 0.676 bits per heavy atom. The number of hydrogen-bond donors (Lipinski definition) is 0. The fraction of sp³-hybridized carbons (Fsp3) is 0.231. The third kappa shape index (κ3) is 5.78. The van der Waals surface area contributed by atoms with Crippen molar-refractivity contribution < 1.29 is 18.4 Å². The van der Waals surface area contributed by atoms with Gasteiger partial charge in [0.05, 0.1) is 24.2 Å². The van der Waals surface area contributed by atoms with Gasteiger partial charge in [-0.05, 0) is 24.3 Å². The monoisotopic (exact) mass is 458 g/mol. The zero-order valence-electron chi connectivity index (χ0n) is 19.2. The summed E-state index contributed by atoms with van der Waals surface area (Å²) in [4.78, 5) is 37.2. The lowest BCUT2D eigenvalue weighted by atomic mass is 10.2. The van der Waals surface area contributed by atoms with Crippen LogP contribution in [0.1, 0.15) is 11.4 Å². The van der Waals surface area contributed by atoms with Crippen LogP contribution >= 0.6 is 0 Å². The minimum absolute atomic E-state index is 0.0993. The van der Waals surface area contributed by atoms with Crippen molar-refractivity contribution >= 4 is 11.8 Å². The largest absolute Gasteiger partial charge is 0.444 e. The lowest BCUT2D eigenvalue weighted by molar-refractivity contribution is -0.132. The molecule has 174 valence electrons. The summed E-state index contributed by atoms with van der Waals surface area (Å²) in [7, 11) is 3.42. The minimum Gasteiger partial charge on any atom is -0.444 e. The lowest BCUT2D eigenvalue weighted by Gasteiger charge is -2.22. The number of oxazole rings is 2. The van der Waals surface area contributed by atoms with Crippen molar-refractivity contribution in [3.05, 3.63) is 84.6 Å². The summed E-state index contributed by atoms with van der Waals surface area (Å²) >= 11 is 0. The van der Waals surface area contributed by atoms with Crippen LogP contribution in [0.15, 0.2) is 82.0 Å². The zero-order chi connectivity index (χ0) is 23.9. The van der Waals surface area contributed by atoms with Gasteiger partial charge in [-0.1, -0.05) is 36.4 Å². The number of likely N-dealkylation sites (N-methyl/N-ethyl adjacent to an activating group) is 2. The van der Waals surface area contributed by atoms with E-state index >= 15 is 0 Å². The smallest absolute Gasteiger partial charge is 0.228 e. The van der Waals surface area contributed by atoms with Crippen LogP contribution in [0.4, 0.5) is 0 Å². The van der Waals surface area contributed by atoms with Crippen LogP contribution in [0.5, 0.6) is 0 Å². The molecule has 0 fully saturated rings. The number of nitrogens with zero attached hydrogens (tertiary/aromatic N) is 4. The molecule has 0 saturated carbocycles. The highest BCUT2D eigenvalue weighted by Crippen LogP contribution is 2.19. The number of aromatic nitrogens is 2. The molecular weight excluding hydrogens is 432 g/mol. The molecule has 8 heteroatoms. The predicted molar refractivity (Wildman–Crippen MR) is 127 cm³/mol. The fourth-order valence-corrected chi connectivity index (χ4v) is 3.33. The van der Waals surface area contributed by atoms with Gasteiger partial charge in [0.25, 0.3) is 0 Å². The Morgan fingerprint density at radius 2 is 1.06 bits per heavy atom. The van der Waals surface area contributed by atoms with Gasteiger partial charge >= 0.3 is 0 Å². The molecule has 2 heterocycles. The van der Waals surface area contributed by atoms with E-state index in [9.17, 15) is 9.59 Å². The van der Waals surface area contributed by atoms with E-state index in [0.29, 0.717) is 36.3 Å². The van der Waals surface area contributed by atoms with Crippen LogP contribution in [0.25, 0.3) is 22.9 Å². The molecule has 0 spiro atoms. The molecule has 0 unspecified atom stereocenters. The maximum atomic E-state index is 12.6. The van der Waals surface area contributed by atoms with Gasteiger partial charge < -0.3 is 18.6 Å². The van der Waals surface area contributed by atoms with Crippen molar-refractivity contribution in [2.45, 2.75) is 12.8 Å². The topological polar surface area (TPSA) is 92.7 Å². The maximum Gasteiger partial charge on any atom is 0.228 e. The molecule has 0 N–H and O–H groups in total. The molecule has 4 aromatic rings. The van der Waals surface area contributed by atoms with Crippen molar-refractivity contribution in [2.24, 2.45) is 0 Å². The normalized spacial score (nSPS) is 10.8. The Kier molecular flexibility index (Phi) is 7.17. The molecule has 0 saturated heterocycles. The highest BCUT2D eigenvalue weighted by Gasteiger charge is 2.17. The summed E-state index contributed by atoms with van der Waals surface area (Å²) in [5.41, 5.74) is 2.86. The van der Waals surface area contributed by atoms with Gasteiger partial charge in [-0.3, -0.25) is 9.59 Å². The van der Waals surface area contributed by atoms with Crippen molar-refractivity contribution in [2.75, 3.05) is 27.2 Å². The first-order chi connectivity index (χ1) is 16.5. The Bertz CT molecular complexity index is 1140. The first-order valence-electron chi connectivity index (χ1n) is 11.0. The van der Waals surface area contributed by atoms with Gasteiger partial charge in [0.15, 0.2) is 0 Å². The molecule has 4 rings (SSSR count). The van der Waals surface area contributed by atoms with E-state index in [1.54, 1.807) is 23.9 Å². The number of rotatable bonds is 9. The van der Waals surface area contributed by atoms with E-state index in [-0.39, 0.29) is 24.7 Å². The quantitative estimate of drug-likeness (QED) is 0.380. The van der Waals surface area contributed by atoms with Crippen molar-refractivity contribution in [3.63, 3.8) is 0 Å². The number of benzene rings is 2. The van der Waals surface area contributed by atoms with Crippen LogP contribution in [-0.4, -0.2) is 58.8 Å². The number of carbonyl (C=O) groups excluding carboxylic acids is 2. The van der Waals surface area contributed by atoms with Gasteiger partial charge in [-0.2, -0.15) is 0 Å². The molecule has 0 bridgehead atoms. The first-order valence-corrected chi connectivity index (χ1v) is 11.0. The molecule has 2 amide bonds. The molecule has 0 aliphatic heterocycles. The van der Waals surface area contributed by atoms with Crippen molar-refractivity contribution in [1.29, 1.82) is 0 Å². The number of hydrogen-bond acceptors (Lipinski definition) is 6. The Hall–Kier alpha value is -4.20. The maximum absolute atomic E-state index is 12.6. The molecule has 0 aliphatic carbocycles. The summed E-state index contributed by atoms with van der Waals surface area (Å²) in [6.07, 6.45) is 3.27. The Balaban J connectivity index is 1.24. The van der Waals surface area contributed by atoms with Crippen molar-refractivity contribution in [1.82, 2.24) is 19.8 Å².